The molecule has 33 heavy (non-hydrogen) atoms. The number of rotatable bonds is 9. The summed E-state index contributed by atoms with van der Waals surface area (Å²) < 4.78 is 33.5. The van der Waals surface area contributed by atoms with E-state index < -0.39 is 20.9 Å². The fourth-order valence-electron chi connectivity index (χ4n) is 3.65. The highest BCUT2D eigenvalue weighted by Crippen LogP contribution is 2.32. The Balaban J connectivity index is 1.93. The lowest BCUT2D eigenvalue weighted by molar-refractivity contribution is -0.385. The van der Waals surface area contributed by atoms with Crippen molar-refractivity contribution in [2.75, 3.05) is 18.4 Å². The number of sulfonamides is 1. The third kappa shape index (κ3) is 5.79. The topological polar surface area (TPSA) is 145 Å². The van der Waals surface area contributed by atoms with E-state index in [-0.39, 0.29) is 28.8 Å². The van der Waals surface area contributed by atoms with Crippen LogP contribution in [0.4, 0.5) is 11.4 Å². The summed E-state index contributed by atoms with van der Waals surface area (Å²) in [6.45, 7) is 4.66. The second-order valence-electron chi connectivity index (χ2n) is 8.11. The average molecular weight is 477 g/mol. The molecular formula is C22H28N4O6S. The summed E-state index contributed by atoms with van der Waals surface area (Å²) in [7, 11) is -3.67. The van der Waals surface area contributed by atoms with Gasteiger partial charge in [0.1, 0.15) is 5.75 Å². The van der Waals surface area contributed by atoms with E-state index in [4.69, 9.17) is 10.5 Å². The molecule has 0 unspecified atom stereocenters. The molecule has 1 fully saturated rings. The van der Waals surface area contributed by atoms with Crippen molar-refractivity contribution in [1.82, 2.24) is 4.31 Å². The Morgan fingerprint density at radius 3 is 2.48 bits per heavy atom. The number of nitro benzene ring substituents is 1. The molecule has 0 aromatic heterocycles. The number of piperidine rings is 1. The third-order valence-electron chi connectivity index (χ3n) is 5.30. The van der Waals surface area contributed by atoms with Crippen LogP contribution in [0.5, 0.6) is 5.75 Å². The van der Waals surface area contributed by atoms with E-state index in [0.717, 1.165) is 25.3 Å². The zero-order chi connectivity index (χ0) is 24.2. The number of carbonyl (C=O) groups excluding carboxylic acids is 1. The zero-order valence-corrected chi connectivity index (χ0v) is 19.4. The summed E-state index contributed by atoms with van der Waals surface area (Å²) in [4.78, 5) is 22.4. The van der Waals surface area contributed by atoms with Gasteiger partial charge < -0.3 is 15.8 Å². The maximum Gasteiger partial charge on any atom is 0.275 e. The van der Waals surface area contributed by atoms with Gasteiger partial charge in [0.05, 0.1) is 21.6 Å². The number of anilines is 1. The summed E-state index contributed by atoms with van der Waals surface area (Å²) in [5, 5.41) is 14.6. The van der Waals surface area contributed by atoms with Crippen molar-refractivity contribution in [2.24, 2.45) is 5.73 Å². The predicted octanol–water partition coefficient (Wildman–Crippen LogP) is 3.27. The van der Waals surface area contributed by atoms with Crippen LogP contribution in [0.3, 0.4) is 0 Å². The van der Waals surface area contributed by atoms with Gasteiger partial charge in [-0.25, -0.2) is 8.42 Å². The van der Waals surface area contributed by atoms with Gasteiger partial charge in [0.15, 0.2) is 0 Å². The van der Waals surface area contributed by atoms with Crippen LogP contribution in [0.1, 0.15) is 49.0 Å². The SMILES string of the molecule is CC(C)Oc1ccc(S(=O)(=O)N2CCCCC2)cc1NCc1ccc(C(N)=O)cc1[N+](=O)[O-]. The highest BCUT2D eigenvalue weighted by atomic mass is 32.2. The fourth-order valence-corrected chi connectivity index (χ4v) is 5.19. The highest BCUT2D eigenvalue weighted by molar-refractivity contribution is 7.89. The maximum absolute atomic E-state index is 13.1. The van der Waals surface area contributed by atoms with Crippen LogP contribution in [0.25, 0.3) is 0 Å². The lowest BCUT2D eigenvalue weighted by Gasteiger charge is -2.26. The molecule has 1 saturated heterocycles. The van der Waals surface area contributed by atoms with Crippen molar-refractivity contribution < 1.29 is 22.9 Å². The van der Waals surface area contributed by atoms with Gasteiger partial charge in [-0.1, -0.05) is 6.42 Å². The van der Waals surface area contributed by atoms with Crippen molar-refractivity contribution in [2.45, 2.75) is 50.7 Å². The molecule has 178 valence electrons. The first kappa shape index (κ1) is 24.5. The van der Waals surface area contributed by atoms with Gasteiger partial charge in [-0.2, -0.15) is 4.31 Å². The van der Waals surface area contributed by atoms with Crippen LogP contribution in [-0.4, -0.2) is 42.7 Å². The van der Waals surface area contributed by atoms with Gasteiger partial charge in [-0.05, 0) is 57.0 Å². The van der Waals surface area contributed by atoms with Crippen molar-refractivity contribution in [3.8, 4) is 5.75 Å². The van der Waals surface area contributed by atoms with Crippen molar-refractivity contribution in [3.05, 3.63) is 57.6 Å². The van der Waals surface area contributed by atoms with Crippen molar-refractivity contribution >= 4 is 27.3 Å². The van der Waals surface area contributed by atoms with E-state index in [1.807, 2.05) is 13.8 Å². The summed E-state index contributed by atoms with van der Waals surface area (Å²) in [5.41, 5.74) is 5.71. The molecule has 0 spiro atoms. The average Bonchev–Trinajstić information content (AvgIpc) is 2.78. The summed E-state index contributed by atoms with van der Waals surface area (Å²) in [6, 6.07) is 8.58. The number of amides is 1. The second kappa shape index (κ2) is 10.2. The van der Waals surface area contributed by atoms with Gasteiger partial charge in [0, 0.05) is 36.8 Å². The van der Waals surface area contributed by atoms with E-state index in [2.05, 4.69) is 5.32 Å². The summed E-state index contributed by atoms with van der Waals surface area (Å²) in [5.74, 6) is -0.333. The Bertz CT molecular complexity index is 1140. The molecule has 0 atom stereocenters. The molecule has 1 aliphatic rings. The van der Waals surface area contributed by atoms with Gasteiger partial charge in [-0.3, -0.25) is 14.9 Å². The molecular weight excluding hydrogens is 448 g/mol. The minimum Gasteiger partial charge on any atom is -0.489 e. The number of carbonyl (C=O) groups is 1. The Hall–Kier alpha value is -3.18. The van der Waals surface area contributed by atoms with Crippen LogP contribution in [0.15, 0.2) is 41.3 Å². The van der Waals surface area contributed by atoms with Crippen LogP contribution < -0.4 is 15.8 Å². The number of hydrogen-bond donors (Lipinski definition) is 2. The third-order valence-corrected chi connectivity index (χ3v) is 7.20. The first-order valence-corrected chi connectivity index (χ1v) is 12.2. The van der Waals surface area contributed by atoms with Crippen LogP contribution >= 0.6 is 0 Å². The Labute approximate surface area is 192 Å². The number of nitrogens with two attached hydrogens (primary N) is 1. The molecule has 3 rings (SSSR count). The summed E-state index contributed by atoms with van der Waals surface area (Å²) >= 11 is 0. The first-order valence-electron chi connectivity index (χ1n) is 10.7. The molecule has 11 heteroatoms. The monoisotopic (exact) mass is 476 g/mol. The molecule has 1 aliphatic heterocycles. The minimum atomic E-state index is -3.67. The Morgan fingerprint density at radius 1 is 1.18 bits per heavy atom. The molecule has 0 bridgehead atoms. The smallest absolute Gasteiger partial charge is 0.275 e. The van der Waals surface area contributed by atoms with Crippen molar-refractivity contribution in [3.63, 3.8) is 0 Å². The first-order chi connectivity index (χ1) is 15.6. The molecule has 0 radical (unpaired) electrons. The molecule has 2 aromatic carbocycles. The lowest BCUT2D eigenvalue weighted by atomic mass is 10.1. The molecule has 1 amide bonds. The van der Waals surface area contributed by atoms with Crippen LogP contribution in [0.2, 0.25) is 0 Å². The van der Waals surface area contributed by atoms with E-state index in [1.54, 1.807) is 6.07 Å². The number of nitrogens with one attached hydrogen (secondary N) is 1. The van der Waals surface area contributed by atoms with E-state index >= 15 is 0 Å². The van der Waals surface area contributed by atoms with Crippen molar-refractivity contribution in [1.29, 1.82) is 0 Å². The second-order valence-corrected chi connectivity index (χ2v) is 10.0. The quantitative estimate of drug-likeness (QED) is 0.417. The number of hydrogen-bond acceptors (Lipinski definition) is 7. The number of nitrogens with zero attached hydrogens (tertiary/aromatic N) is 2. The largest absolute Gasteiger partial charge is 0.489 e. The predicted molar refractivity (Wildman–Crippen MR) is 124 cm³/mol. The van der Waals surface area contributed by atoms with Gasteiger partial charge in [0.25, 0.3) is 5.69 Å². The molecule has 0 saturated carbocycles. The van der Waals surface area contributed by atoms with E-state index in [9.17, 15) is 23.3 Å². The Morgan fingerprint density at radius 2 is 1.88 bits per heavy atom. The molecule has 2 aromatic rings. The zero-order valence-electron chi connectivity index (χ0n) is 18.6. The van der Waals surface area contributed by atoms with Gasteiger partial charge in [-0.15, -0.1) is 0 Å². The number of ether oxygens (including phenoxy) is 1. The molecule has 0 aliphatic carbocycles. The fraction of sp³-hybridized carbons (Fsp3) is 0.409. The molecule has 10 nitrogen and oxygen atoms in total. The lowest BCUT2D eigenvalue weighted by Crippen LogP contribution is -2.35. The Kier molecular flexibility index (Phi) is 7.54. The number of nitro groups is 1. The minimum absolute atomic E-state index is 0.0109. The molecule has 3 N–H and O–H groups in total. The number of benzene rings is 2. The van der Waals surface area contributed by atoms with Gasteiger partial charge in [0.2, 0.25) is 15.9 Å². The maximum atomic E-state index is 13.1. The standard InChI is InChI=1S/C22H28N4O6S/c1-15(2)32-21-9-8-18(33(30,31)25-10-4-3-5-11-25)13-19(21)24-14-17-7-6-16(22(23)27)12-20(17)26(28)29/h6-9,12-13,15,24H,3-5,10-11,14H2,1-2H3,(H2,23,27). The normalized spacial score (nSPS) is 14.8. The molecule has 1 heterocycles. The van der Waals surface area contributed by atoms with E-state index in [1.165, 1.54) is 28.6 Å². The van der Waals surface area contributed by atoms with Gasteiger partial charge >= 0.3 is 0 Å². The van der Waals surface area contributed by atoms with Crippen LogP contribution in [0, 0.1) is 10.1 Å². The highest BCUT2D eigenvalue weighted by Gasteiger charge is 2.27. The van der Waals surface area contributed by atoms with Crippen LogP contribution in [-0.2, 0) is 16.6 Å². The number of primary amides is 1. The summed E-state index contributed by atoms with van der Waals surface area (Å²) in [6.07, 6.45) is 2.49. The van der Waals surface area contributed by atoms with E-state index in [0.29, 0.717) is 30.1 Å².